The number of aliphatic hydroxyl groups excluding tert-OH is 1. The smallest absolute Gasteiger partial charge is 0.146 e. The first-order valence-electron chi connectivity index (χ1n) is 5.48. The van der Waals surface area contributed by atoms with Crippen LogP contribution < -0.4 is 4.90 Å². The second-order valence-electron chi connectivity index (χ2n) is 3.99. The van der Waals surface area contributed by atoms with Gasteiger partial charge in [0.15, 0.2) is 0 Å². The minimum Gasteiger partial charge on any atom is -0.389 e. The van der Waals surface area contributed by atoms with Gasteiger partial charge in [-0.1, -0.05) is 6.07 Å². The van der Waals surface area contributed by atoms with Crippen LogP contribution >= 0.6 is 0 Å². The fourth-order valence-corrected chi connectivity index (χ4v) is 1.84. The van der Waals surface area contributed by atoms with E-state index in [9.17, 15) is 9.50 Å². The lowest BCUT2D eigenvalue weighted by Gasteiger charge is -2.29. The molecule has 2 rings (SSSR count). The summed E-state index contributed by atoms with van der Waals surface area (Å²) >= 11 is 0. The van der Waals surface area contributed by atoms with E-state index in [1.807, 2.05) is 4.90 Å². The van der Waals surface area contributed by atoms with Crippen LogP contribution in [0.5, 0.6) is 0 Å². The van der Waals surface area contributed by atoms with Gasteiger partial charge in [-0.15, -0.1) is 0 Å². The Kier molecular flexibility index (Phi) is 3.41. The highest BCUT2D eigenvalue weighted by Gasteiger charge is 2.15. The fraction of sp³-hybridized carbons (Fsp3) is 0.500. The summed E-state index contributed by atoms with van der Waals surface area (Å²) in [6.07, 6.45) is -0.631. The molecule has 0 radical (unpaired) electrons. The summed E-state index contributed by atoms with van der Waals surface area (Å²) in [6, 6.07) is 4.89. The molecule has 16 heavy (non-hydrogen) atoms. The average Bonchev–Trinajstić information content (AvgIpc) is 2.30. The van der Waals surface area contributed by atoms with Crippen LogP contribution in [-0.4, -0.2) is 31.4 Å². The number of anilines is 1. The summed E-state index contributed by atoms with van der Waals surface area (Å²) in [4.78, 5) is 1.96. The van der Waals surface area contributed by atoms with Crippen LogP contribution in [0.25, 0.3) is 0 Å². The van der Waals surface area contributed by atoms with Crippen LogP contribution in [0.1, 0.15) is 18.6 Å². The number of rotatable bonds is 2. The van der Waals surface area contributed by atoms with Crippen molar-refractivity contribution in [3.8, 4) is 0 Å². The fourth-order valence-electron chi connectivity index (χ4n) is 1.84. The molecule has 0 saturated carbocycles. The second kappa shape index (κ2) is 4.80. The van der Waals surface area contributed by atoms with Crippen LogP contribution in [0, 0.1) is 5.82 Å². The van der Waals surface area contributed by atoms with Gasteiger partial charge in [0.25, 0.3) is 0 Å². The van der Waals surface area contributed by atoms with Gasteiger partial charge in [0.1, 0.15) is 5.82 Å². The van der Waals surface area contributed by atoms with Crippen LogP contribution in [-0.2, 0) is 4.74 Å². The van der Waals surface area contributed by atoms with E-state index >= 15 is 0 Å². The van der Waals surface area contributed by atoms with Gasteiger partial charge in [0.05, 0.1) is 25.0 Å². The Morgan fingerprint density at radius 1 is 1.38 bits per heavy atom. The zero-order chi connectivity index (χ0) is 11.5. The Morgan fingerprint density at radius 3 is 2.62 bits per heavy atom. The highest BCUT2D eigenvalue weighted by molar-refractivity contribution is 5.49. The number of morpholine rings is 1. The van der Waals surface area contributed by atoms with Gasteiger partial charge in [-0.05, 0) is 24.6 Å². The number of benzene rings is 1. The topological polar surface area (TPSA) is 32.7 Å². The summed E-state index contributed by atoms with van der Waals surface area (Å²) in [6.45, 7) is 4.33. The molecule has 1 aromatic rings. The maximum atomic E-state index is 13.8. The molecule has 1 saturated heterocycles. The molecular weight excluding hydrogens is 209 g/mol. The molecule has 1 heterocycles. The Balaban J connectivity index is 2.21. The molecular formula is C12H16FNO2. The predicted molar refractivity (Wildman–Crippen MR) is 60.1 cm³/mol. The molecule has 0 unspecified atom stereocenters. The van der Waals surface area contributed by atoms with E-state index in [-0.39, 0.29) is 5.82 Å². The first-order valence-corrected chi connectivity index (χ1v) is 5.48. The molecule has 1 aliphatic rings. The van der Waals surface area contributed by atoms with Crippen LogP contribution in [0.15, 0.2) is 18.2 Å². The van der Waals surface area contributed by atoms with Crippen molar-refractivity contribution < 1.29 is 14.2 Å². The Labute approximate surface area is 94.4 Å². The molecule has 1 aliphatic heterocycles. The second-order valence-corrected chi connectivity index (χ2v) is 3.99. The summed E-state index contributed by atoms with van der Waals surface area (Å²) < 4.78 is 19.0. The number of ether oxygens (including phenoxy) is 1. The van der Waals surface area contributed by atoms with E-state index in [4.69, 9.17) is 4.74 Å². The molecule has 3 nitrogen and oxygen atoms in total. The Morgan fingerprint density at radius 2 is 2.06 bits per heavy atom. The molecule has 1 atom stereocenters. The summed E-state index contributed by atoms with van der Waals surface area (Å²) in [5, 5.41) is 9.35. The van der Waals surface area contributed by atoms with Crippen LogP contribution in [0.4, 0.5) is 10.1 Å². The zero-order valence-electron chi connectivity index (χ0n) is 9.32. The van der Waals surface area contributed by atoms with E-state index in [1.165, 1.54) is 6.07 Å². The van der Waals surface area contributed by atoms with Crippen molar-refractivity contribution in [1.29, 1.82) is 0 Å². The molecule has 0 aromatic heterocycles. The summed E-state index contributed by atoms with van der Waals surface area (Å²) in [5.41, 5.74) is 1.20. The first kappa shape index (κ1) is 11.4. The summed E-state index contributed by atoms with van der Waals surface area (Å²) in [5.74, 6) is -0.277. The third kappa shape index (κ3) is 2.33. The molecule has 88 valence electrons. The highest BCUT2D eigenvalue weighted by atomic mass is 19.1. The Hall–Kier alpha value is -1.13. The molecule has 1 fully saturated rings. The van der Waals surface area contributed by atoms with Crippen molar-refractivity contribution in [3.63, 3.8) is 0 Å². The monoisotopic (exact) mass is 225 g/mol. The van der Waals surface area contributed by atoms with Gasteiger partial charge in [-0.25, -0.2) is 4.39 Å². The van der Waals surface area contributed by atoms with Gasteiger partial charge < -0.3 is 14.7 Å². The first-order chi connectivity index (χ1) is 7.68. The largest absolute Gasteiger partial charge is 0.389 e. The van der Waals surface area contributed by atoms with E-state index in [0.29, 0.717) is 37.6 Å². The number of nitrogens with zero attached hydrogens (tertiary/aromatic N) is 1. The lowest BCUT2D eigenvalue weighted by molar-refractivity contribution is 0.122. The minimum absolute atomic E-state index is 0.277. The van der Waals surface area contributed by atoms with Crippen LogP contribution in [0.2, 0.25) is 0 Å². The SMILES string of the molecule is C[C@@H](O)c1ccc(N2CCOCC2)c(F)c1. The van der Waals surface area contributed by atoms with E-state index in [2.05, 4.69) is 0 Å². The number of hydrogen-bond acceptors (Lipinski definition) is 3. The van der Waals surface area contributed by atoms with Gasteiger partial charge in [0, 0.05) is 13.1 Å². The minimum atomic E-state index is -0.631. The molecule has 1 aromatic carbocycles. The van der Waals surface area contributed by atoms with Gasteiger partial charge in [-0.2, -0.15) is 0 Å². The summed E-state index contributed by atoms with van der Waals surface area (Å²) in [7, 11) is 0. The molecule has 0 bridgehead atoms. The number of hydrogen-bond donors (Lipinski definition) is 1. The standard InChI is InChI=1S/C12H16FNO2/c1-9(15)10-2-3-12(11(13)8-10)14-4-6-16-7-5-14/h2-3,8-9,15H,4-7H2,1H3/t9-/m1/s1. The van der Waals surface area contributed by atoms with Gasteiger partial charge >= 0.3 is 0 Å². The van der Waals surface area contributed by atoms with E-state index < -0.39 is 6.10 Å². The van der Waals surface area contributed by atoms with Gasteiger partial charge in [0.2, 0.25) is 0 Å². The lowest BCUT2D eigenvalue weighted by Crippen LogP contribution is -2.36. The van der Waals surface area contributed by atoms with Crippen molar-refractivity contribution >= 4 is 5.69 Å². The molecule has 0 spiro atoms. The van der Waals surface area contributed by atoms with Gasteiger partial charge in [-0.3, -0.25) is 0 Å². The Bertz CT molecular complexity index is 362. The van der Waals surface area contributed by atoms with Crippen LogP contribution in [0.3, 0.4) is 0 Å². The zero-order valence-corrected chi connectivity index (χ0v) is 9.32. The number of aliphatic hydroxyl groups is 1. The lowest BCUT2D eigenvalue weighted by atomic mass is 10.1. The highest BCUT2D eigenvalue weighted by Crippen LogP contribution is 2.24. The third-order valence-electron chi connectivity index (χ3n) is 2.81. The van der Waals surface area contributed by atoms with Crippen molar-refractivity contribution in [3.05, 3.63) is 29.6 Å². The van der Waals surface area contributed by atoms with Crippen molar-refractivity contribution in [2.75, 3.05) is 31.2 Å². The molecule has 4 heteroatoms. The molecule has 0 amide bonds. The maximum Gasteiger partial charge on any atom is 0.146 e. The van der Waals surface area contributed by atoms with Crippen molar-refractivity contribution in [2.45, 2.75) is 13.0 Å². The normalized spacial score (nSPS) is 18.6. The van der Waals surface area contributed by atoms with Crippen molar-refractivity contribution in [1.82, 2.24) is 0 Å². The quantitative estimate of drug-likeness (QED) is 0.831. The molecule has 0 aliphatic carbocycles. The average molecular weight is 225 g/mol. The predicted octanol–water partition coefficient (Wildman–Crippen LogP) is 1.72. The van der Waals surface area contributed by atoms with E-state index in [0.717, 1.165) is 0 Å². The molecule has 1 N–H and O–H groups in total. The third-order valence-corrected chi connectivity index (χ3v) is 2.81. The maximum absolute atomic E-state index is 13.8. The van der Waals surface area contributed by atoms with E-state index in [1.54, 1.807) is 19.1 Å². The van der Waals surface area contributed by atoms with Crippen molar-refractivity contribution in [2.24, 2.45) is 0 Å². The number of halogens is 1.